The van der Waals surface area contributed by atoms with E-state index in [0.717, 1.165) is 12.0 Å². The van der Waals surface area contributed by atoms with Crippen LogP contribution in [0.5, 0.6) is 0 Å². The van der Waals surface area contributed by atoms with Crippen LogP contribution in [-0.4, -0.2) is 86.3 Å². The second kappa shape index (κ2) is 12.4. The Morgan fingerprint density at radius 1 is 1.28 bits per heavy atom. The average molecular weight is 639 g/mol. The standard InChI is InChI=1S/C29H37BrClN3O4S/c1-5-12-32(13-6-2)26(36)21-22-27(37)34(15-9-16-35)25(29(22)17-19(30)24(21)39-29)28(38)33(14-7-3)23-18(4)10-8-11-20(23)31/h5,7-8,10-11,19,21-22,24-25,35H,1,3,6,9,12-17H2,2,4H3/t19?,21-,22+,24-,25?,29?/m1/s1. The van der Waals surface area contributed by atoms with Gasteiger partial charge < -0.3 is 19.8 Å². The lowest BCUT2D eigenvalue weighted by Crippen LogP contribution is -2.56. The molecule has 1 N–H and O–H groups in total. The first kappa shape index (κ1) is 30.2. The minimum Gasteiger partial charge on any atom is -0.396 e. The van der Waals surface area contributed by atoms with Gasteiger partial charge in [-0.15, -0.1) is 24.9 Å². The number of amides is 3. The van der Waals surface area contributed by atoms with Crippen LogP contribution in [0.1, 0.15) is 31.7 Å². The van der Waals surface area contributed by atoms with Crippen LogP contribution in [0, 0.1) is 18.8 Å². The van der Waals surface area contributed by atoms with E-state index in [1.54, 1.807) is 44.7 Å². The number of likely N-dealkylation sites (tertiary alicyclic amines) is 1. The van der Waals surface area contributed by atoms with E-state index in [9.17, 15) is 19.5 Å². The summed E-state index contributed by atoms with van der Waals surface area (Å²) in [4.78, 5) is 47.9. The molecule has 3 unspecified atom stereocenters. The number of nitrogens with zero attached hydrogens (tertiary/aromatic N) is 3. The van der Waals surface area contributed by atoms with Crippen LogP contribution in [0.4, 0.5) is 5.69 Å². The van der Waals surface area contributed by atoms with Crippen molar-refractivity contribution in [2.24, 2.45) is 11.8 Å². The molecule has 7 nitrogen and oxygen atoms in total. The SMILES string of the molecule is C=CCN(CCC)C(=O)[C@H]1[C@@H]2SC3(CC2Br)C(C(=O)N(CC=C)c2c(C)cccc2Cl)N(CCCO)C(=O)[C@H]13. The van der Waals surface area contributed by atoms with Gasteiger partial charge in [-0.2, -0.15) is 0 Å². The van der Waals surface area contributed by atoms with E-state index in [-0.39, 0.29) is 47.5 Å². The Balaban J connectivity index is 1.81. The van der Waals surface area contributed by atoms with Crippen molar-refractivity contribution in [2.75, 3.05) is 37.7 Å². The predicted molar refractivity (Wildman–Crippen MR) is 161 cm³/mol. The normalized spacial score (nSPS) is 28.9. The van der Waals surface area contributed by atoms with Gasteiger partial charge in [0.1, 0.15) is 6.04 Å². The third-order valence-electron chi connectivity index (χ3n) is 8.06. The van der Waals surface area contributed by atoms with Crippen LogP contribution in [0.25, 0.3) is 0 Å². The van der Waals surface area contributed by atoms with Gasteiger partial charge in [-0.05, 0) is 37.8 Å². The summed E-state index contributed by atoms with van der Waals surface area (Å²) < 4.78 is -0.774. The van der Waals surface area contributed by atoms with Gasteiger partial charge in [-0.3, -0.25) is 14.4 Å². The van der Waals surface area contributed by atoms with Gasteiger partial charge in [0.05, 0.1) is 27.3 Å². The topological polar surface area (TPSA) is 81.2 Å². The molecule has 3 heterocycles. The Labute approximate surface area is 248 Å². The minimum atomic E-state index is -0.802. The van der Waals surface area contributed by atoms with Gasteiger partial charge in [0.25, 0.3) is 5.91 Å². The summed E-state index contributed by atoms with van der Waals surface area (Å²) in [5.74, 6) is -1.64. The second-order valence-corrected chi connectivity index (χ2v) is 13.6. The summed E-state index contributed by atoms with van der Waals surface area (Å²) in [6.07, 6.45) is 5.09. The number of hydrogen-bond acceptors (Lipinski definition) is 5. The van der Waals surface area contributed by atoms with Crippen LogP contribution in [0.2, 0.25) is 5.02 Å². The lowest BCUT2D eigenvalue weighted by Gasteiger charge is -2.38. The van der Waals surface area contributed by atoms with Crippen molar-refractivity contribution < 1.29 is 19.5 Å². The molecular weight excluding hydrogens is 602 g/mol. The zero-order valence-corrected chi connectivity index (χ0v) is 25.7. The molecule has 4 rings (SSSR count). The molecule has 1 aromatic carbocycles. The molecule has 0 saturated carbocycles. The van der Waals surface area contributed by atoms with Gasteiger partial charge >= 0.3 is 0 Å². The Hall–Kier alpha value is -1.81. The van der Waals surface area contributed by atoms with Crippen LogP contribution >= 0.6 is 39.3 Å². The summed E-state index contributed by atoms with van der Waals surface area (Å²) in [5, 5.41) is 9.96. The first-order valence-electron chi connectivity index (χ1n) is 13.5. The number of aliphatic hydroxyl groups excluding tert-OH is 1. The Bertz CT molecular complexity index is 1130. The first-order chi connectivity index (χ1) is 18.7. The molecule has 1 spiro atoms. The number of carbonyl (C=O) groups is 3. The Morgan fingerprint density at radius 2 is 2.00 bits per heavy atom. The zero-order chi connectivity index (χ0) is 28.5. The number of para-hydroxylation sites is 1. The van der Waals surface area contributed by atoms with Crippen molar-refractivity contribution in [3.05, 3.63) is 54.1 Å². The van der Waals surface area contributed by atoms with E-state index in [4.69, 9.17) is 11.6 Å². The molecule has 0 aromatic heterocycles. The van der Waals surface area contributed by atoms with Crippen molar-refractivity contribution in [1.82, 2.24) is 9.80 Å². The van der Waals surface area contributed by atoms with Gasteiger partial charge in [0, 0.05) is 42.9 Å². The molecule has 3 aliphatic rings. The number of fused-ring (bicyclic) bond motifs is 1. The monoisotopic (exact) mass is 637 g/mol. The summed E-state index contributed by atoms with van der Waals surface area (Å²) in [6, 6.07) is 4.68. The smallest absolute Gasteiger partial charge is 0.251 e. The lowest BCUT2D eigenvalue weighted by atomic mass is 9.70. The maximum absolute atomic E-state index is 14.6. The highest BCUT2D eigenvalue weighted by molar-refractivity contribution is 9.09. The second-order valence-electron chi connectivity index (χ2n) is 10.5. The minimum absolute atomic E-state index is 0.0179. The van der Waals surface area contributed by atoms with Crippen LogP contribution in [0.3, 0.4) is 0 Å². The molecule has 3 amide bonds. The largest absolute Gasteiger partial charge is 0.396 e. The van der Waals surface area contributed by atoms with E-state index in [1.807, 2.05) is 26.0 Å². The molecule has 2 bridgehead atoms. The van der Waals surface area contributed by atoms with Crippen molar-refractivity contribution in [2.45, 2.75) is 54.0 Å². The maximum Gasteiger partial charge on any atom is 0.251 e. The van der Waals surface area contributed by atoms with Crippen LogP contribution in [0.15, 0.2) is 43.5 Å². The fourth-order valence-electron chi connectivity index (χ4n) is 6.63. The molecule has 0 aliphatic carbocycles. The highest BCUT2D eigenvalue weighted by atomic mass is 79.9. The number of hydrogen-bond donors (Lipinski definition) is 1. The number of aliphatic hydroxyl groups is 1. The van der Waals surface area contributed by atoms with Crippen molar-refractivity contribution >= 4 is 62.7 Å². The summed E-state index contributed by atoms with van der Waals surface area (Å²) >= 11 is 12.1. The highest BCUT2D eigenvalue weighted by Gasteiger charge is 2.76. The van der Waals surface area contributed by atoms with E-state index >= 15 is 0 Å². The third-order valence-corrected chi connectivity index (χ3v) is 11.6. The molecular formula is C29H37BrClN3O4S. The number of aryl methyl sites for hydroxylation is 1. The first-order valence-corrected chi connectivity index (χ1v) is 15.7. The van der Waals surface area contributed by atoms with Gasteiger partial charge in [-0.1, -0.05) is 58.7 Å². The third kappa shape index (κ3) is 5.09. The van der Waals surface area contributed by atoms with Gasteiger partial charge in [0.2, 0.25) is 11.8 Å². The number of alkyl halides is 1. The van der Waals surface area contributed by atoms with E-state index in [1.165, 1.54) is 0 Å². The highest BCUT2D eigenvalue weighted by Crippen LogP contribution is 2.68. The van der Waals surface area contributed by atoms with E-state index < -0.39 is 22.6 Å². The molecule has 10 heteroatoms. The predicted octanol–water partition coefficient (Wildman–Crippen LogP) is 4.44. The van der Waals surface area contributed by atoms with Crippen molar-refractivity contribution in [1.29, 1.82) is 0 Å². The molecule has 1 aromatic rings. The summed E-state index contributed by atoms with van der Waals surface area (Å²) in [6.45, 7) is 12.9. The van der Waals surface area contributed by atoms with Crippen LogP contribution in [-0.2, 0) is 14.4 Å². The Morgan fingerprint density at radius 3 is 2.62 bits per heavy atom. The number of benzene rings is 1. The van der Waals surface area contributed by atoms with E-state index in [0.29, 0.717) is 36.6 Å². The summed E-state index contributed by atoms with van der Waals surface area (Å²) in [7, 11) is 0. The zero-order valence-electron chi connectivity index (χ0n) is 22.5. The molecule has 39 heavy (non-hydrogen) atoms. The number of halogens is 2. The van der Waals surface area contributed by atoms with Crippen molar-refractivity contribution in [3.63, 3.8) is 0 Å². The number of thioether (sulfide) groups is 1. The van der Waals surface area contributed by atoms with Crippen molar-refractivity contribution in [3.8, 4) is 0 Å². The number of anilines is 1. The number of rotatable bonds is 12. The molecule has 3 aliphatic heterocycles. The summed E-state index contributed by atoms with van der Waals surface area (Å²) in [5.41, 5.74) is 1.44. The van der Waals surface area contributed by atoms with Gasteiger partial charge in [-0.25, -0.2) is 0 Å². The van der Waals surface area contributed by atoms with E-state index in [2.05, 4.69) is 29.1 Å². The van der Waals surface area contributed by atoms with Gasteiger partial charge in [0.15, 0.2) is 0 Å². The molecule has 6 atom stereocenters. The maximum atomic E-state index is 14.6. The Kier molecular flexibility index (Phi) is 9.56. The average Bonchev–Trinajstić information content (AvgIpc) is 3.49. The lowest BCUT2D eigenvalue weighted by molar-refractivity contribution is -0.143. The molecule has 212 valence electrons. The quantitative estimate of drug-likeness (QED) is 0.271. The molecule has 3 fully saturated rings. The van der Waals surface area contributed by atoms with Crippen LogP contribution < -0.4 is 4.90 Å². The number of carbonyl (C=O) groups excluding carboxylic acids is 3. The fourth-order valence-corrected chi connectivity index (χ4v) is 10.6. The molecule has 3 saturated heterocycles. The molecule has 0 radical (unpaired) electrons. The fraction of sp³-hybridized carbons (Fsp3) is 0.552.